The van der Waals surface area contributed by atoms with Crippen molar-refractivity contribution in [2.45, 2.75) is 13.8 Å². The largest absolute Gasteiger partial charge is 0.289 e. The van der Waals surface area contributed by atoms with Crippen LogP contribution in [0.25, 0.3) is 0 Å². The van der Waals surface area contributed by atoms with Crippen LogP contribution in [0.3, 0.4) is 0 Å². The molecule has 1 fully saturated rings. The van der Waals surface area contributed by atoms with Gasteiger partial charge in [0.2, 0.25) is 5.91 Å². The number of rotatable bonds is 2. The number of amides is 2. The highest BCUT2D eigenvalue weighted by Crippen LogP contribution is 2.33. The molecule has 0 unspecified atom stereocenters. The van der Waals surface area contributed by atoms with E-state index in [9.17, 15) is 9.59 Å². The molecule has 0 aliphatic carbocycles. The van der Waals surface area contributed by atoms with Crippen molar-refractivity contribution >= 4 is 62.0 Å². The summed E-state index contributed by atoms with van der Waals surface area (Å²) in [5.74, 6) is -0.0364. The molecule has 0 atom stereocenters. The van der Waals surface area contributed by atoms with Gasteiger partial charge in [-0.3, -0.25) is 14.5 Å². The van der Waals surface area contributed by atoms with E-state index in [0.29, 0.717) is 16.5 Å². The van der Waals surface area contributed by atoms with Crippen LogP contribution in [0.4, 0.5) is 11.4 Å². The van der Waals surface area contributed by atoms with Crippen molar-refractivity contribution in [2.24, 2.45) is 10.2 Å². The van der Waals surface area contributed by atoms with Gasteiger partial charge in [0.25, 0.3) is 5.91 Å². The maximum Gasteiger partial charge on any atom is 0.289 e. The third-order valence-corrected chi connectivity index (χ3v) is 5.96. The Hall–Kier alpha value is -2.45. The number of anilines is 2. The van der Waals surface area contributed by atoms with E-state index >= 15 is 0 Å². The van der Waals surface area contributed by atoms with Gasteiger partial charge in [0.15, 0.2) is 10.9 Å². The summed E-state index contributed by atoms with van der Waals surface area (Å²) in [5, 5.41) is 8.94. The van der Waals surface area contributed by atoms with Gasteiger partial charge in [0, 0.05) is 5.56 Å². The molecule has 0 saturated carbocycles. The Bertz CT molecular complexity index is 1030. The van der Waals surface area contributed by atoms with Gasteiger partial charge in [0.05, 0.1) is 33.3 Å². The molecule has 8 heteroatoms. The Labute approximate surface area is 169 Å². The third kappa shape index (κ3) is 3.08. The number of fused-ring (bicyclic) bond motifs is 1. The highest BCUT2D eigenvalue weighted by molar-refractivity contribution is 9.10. The standard InChI is InChI=1S/C19H15BrN4O2S/c1-11-7-8-14(12(2)9-11)23-16(25)10-27-19(23)22-21-17-13-5-3-4-6-15(13)24(20)18(17)26/h3-9H,10H2,1-2H3. The smallest absolute Gasteiger partial charge is 0.273 e. The molecule has 2 heterocycles. The lowest BCUT2D eigenvalue weighted by atomic mass is 10.1. The molecule has 2 aromatic rings. The molecule has 0 N–H and O–H groups in total. The number of thioether (sulfide) groups is 1. The molecule has 27 heavy (non-hydrogen) atoms. The van der Waals surface area contributed by atoms with E-state index in [4.69, 9.17) is 0 Å². The van der Waals surface area contributed by atoms with Crippen LogP contribution in [0, 0.1) is 13.8 Å². The van der Waals surface area contributed by atoms with Crippen molar-refractivity contribution in [3.05, 3.63) is 59.2 Å². The van der Waals surface area contributed by atoms with Crippen molar-refractivity contribution in [1.82, 2.24) is 0 Å². The number of hydrogen-bond acceptors (Lipinski definition) is 5. The molecule has 1 saturated heterocycles. The molecule has 2 aliphatic rings. The molecular weight excluding hydrogens is 428 g/mol. The van der Waals surface area contributed by atoms with E-state index in [0.717, 1.165) is 22.5 Å². The molecule has 4 rings (SSSR count). The topological polar surface area (TPSA) is 65.3 Å². The first-order valence-electron chi connectivity index (χ1n) is 8.25. The van der Waals surface area contributed by atoms with Gasteiger partial charge in [-0.15, -0.1) is 10.2 Å². The molecule has 6 nitrogen and oxygen atoms in total. The minimum absolute atomic E-state index is 0.0498. The van der Waals surface area contributed by atoms with Gasteiger partial charge in [-0.05, 0) is 31.5 Å². The average molecular weight is 443 g/mol. The second kappa shape index (κ2) is 6.94. The molecule has 136 valence electrons. The van der Waals surface area contributed by atoms with E-state index in [2.05, 4.69) is 26.4 Å². The fourth-order valence-corrected chi connectivity index (χ4v) is 4.37. The molecule has 2 aliphatic heterocycles. The zero-order chi connectivity index (χ0) is 19.1. The lowest BCUT2D eigenvalue weighted by Gasteiger charge is -2.18. The fraction of sp³-hybridized carbons (Fsp3) is 0.158. The first-order valence-corrected chi connectivity index (χ1v) is 9.95. The van der Waals surface area contributed by atoms with Crippen LogP contribution in [0.2, 0.25) is 0 Å². The second-order valence-corrected chi connectivity index (χ2v) is 7.89. The predicted molar refractivity (Wildman–Crippen MR) is 113 cm³/mol. The van der Waals surface area contributed by atoms with Crippen LogP contribution in [0.5, 0.6) is 0 Å². The van der Waals surface area contributed by atoms with Crippen molar-refractivity contribution in [2.75, 3.05) is 14.6 Å². The highest BCUT2D eigenvalue weighted by atomic mass is 79.9. The number of amidine groups is 1. The lowest BCUT2D eigenvalue weighted by molar-refractivity contribution is -0.115. The molecule has 2 aromatic carbocycles. The third-order valence-electron chi connectivity index (χ3n) is 4.35. The number of halogens is 1. The Balaban J connectivity index is 1.74. The highest BCUT2D eigenvalue weighted by Gasteiger charge is 2.34. The summed E-state index contributed by atoms with van der Waals surface area (Å²) in [4.78, 5) is 26.5. The Morgan fingerprint density at radius 2 is 1.81 bits per heavy atom. The minimum Gasteiger partial charge on any atom is -0.273 e. The van der Waals surface area contributed by atoms with Crippen molar-refractivity contribution in [3.8, 4) is 0 Å². The maximum absolute atomic E-state index is 12.5. The van der Waals surface area contributed by atoms with Gasteiger partial charge < -0.3 is 0 Å². The number of para-hydroxylation sites is 1. The minimum atomic E-state index is -0.284. The monoisotopic (exact) mass is 442 g/mol. The normalized spacial score (nSPS) is 19.5. The molecule has 0 aromatic heterocycles. The van der Waals surface area contributed by atoms with Crippen LogP contribution in [-0.2, 0) is 9.59 Å². The first kappa shape index (κ1) is 17.9. The van der Waals surface area contributed by atoms with Gasteiger partial charge in [-0.2, -0.15) is 0 Å². The number of nitrogens with zero attached hydrogens (tertiary/aromatic N) is 4. The first-order chi connectivity index (χ1) is 13.0. The number of carbonyl (C=O) groups is 2. The molecule has 0 spiro atoms. The van der Waals surface area contributed by atoms with Crippen molar-refractivity contribution < 1.29 is 9.59 Å². The summed E-state index contributed by atoms with van der Waals surface area (Å²) >= 11 is 4.57. The zero-order valence-corrected chi connectivity index (χ0v) is 17.0. The molecule has 2 amide bonds. The lowest BCUT2D eigenvalue weighted by Crippen LogP contribution is -2.30. The second-order valence-electron chi connectivity index (χ2n) is 6.24. The SMILES string of the molecule is Cc1ccc(N2C(=O)CSC2=NN=C2C(=O)N(Br)c3ccccc32)c(C)c1. The van der Waals surface area contributed by atoms with Crippen LogP contribution >= 0.6 is 27.9 Å². The Kier molecular flexibility index (Phi) is 4.61. The van der Waals surface area contributed by atoms with E-state index < -0.39 is 0 Å². The van der Waals surface area contributed by atoms with Crippen LogP contribution in [-0.4, -0.2) is 28.4 Å². The predicted octanol–water partition coefficient (Wildman–Crippen LogP) is 3.80. The van der Waals surface area contributed by atoms with Crippen molar-refractivity contribution in [3.63, 3.8) is 0 Å². The van der Waals surface area contributed by atoms with Gasteiger partial charge in [-0.1, -0.05) is 47.7 Å². The van der Waals surface area contributed by atoms with Gasteiger partial charge >= 0.3 is 0 Å². The molecule has 0 bridgehead atoms. The number of carbonyl (C=O) groups excluding carboxylic acids is 2. The van der Waals surface area contributed by atoms with Crippen molar-refractivity contribution in [1.29, 1.82) is 0 Å². The summed E-state index contributed by atoms with van der Waals surface area (Å²) < 4.78 is 1.37. The molecule has 0 radical (unpaired) electrons. The number of hydrogen-bond donors (Lipinski definition) is 0. The van der Waals surface area contributed by atoms with Gasteiger partial charge in [-0.25, -0.2) is 3.93 Å². The van der Waals surface area contributed by atoms with Crippen LogP contribution in [0.15, 0.2) is 52.7 Å². The zero-order valence-electron chi connectivity index (χ0n) is 14.6. The number of aryl methyl sites for hydroxylation is 2. The summed E-state index contributed by atoms with van der Waals surface area (Å²) in [7, 11) is 0. The maximum atomic E-state index is 12.5. The Morgan fingerprint density at radius 1 is 1.04 bits per heavy atom. The molecular formula is C19H15BrN4O2S. The van der Waals surface area contributed by atoms with Gasteiger partial charge in [0.1, 0.15) is 0 Å². The van der Waals surface area contributed by atoms with Crippen LogP contribution in [0.1, 0.15) is 16.7 Å². The van der Waals surface area contributed by atoms with E-state index in [1.54, 1.807) is 4.90 Å². The summed E-state index contributed by atoms with van der Waals surface area (Å²) in [6.07, 6.45) is 0. The van der Waals surface area contributed by atoms with E-state index in [-0.39, 0.29) is 17.5 Å². The summed E-state index contributed by atoms with van der Waals surface area (Å²) in [6, 6.07) is 13.2. The summed E-state index contributed by atoms with van der Waals surface area (Å²) in [5.41, 5.74) is 4.57. The number of benzene rings is 2. The van der Waals surface area contributed by atoms with E-state index in [1.807, 2.05) is 56.3 Å². The fourth-order valence-electron chi connectivity index (χ4n) is 3.08. The quantitative estimate of drug-likeness (QED) is 0.524. The Morgan fingerprint density at radius 3 is 2.59 bits per heavy atom. The average Bonchev–Trinajstić information content (AvgIpc) is 3.12. The summed E-state index contributed by atoms with van der Waals surface area (Å²) in [6.45, 7) is 3.97. The van der Waals surface area contributed by atoms with E-state index in [1.165, 1.54) is 15.7 Å². The van der Waals surface area contributed by atoms with Crippen LogP contribution < -0.4 is 8.83 Å².